The maximum Gasteiger partial charge on any atom is 0.267 e. The lowest BCUT2D eigenvalue weighted by Crippen LogP contribution is -2.72. The van der Waals surface area contributed by atoms with Crippen molar-refractivity contribution in [1.29, 1.82) is 0 Å². The summed E-state index contributed by atoms with van der Waals surface area (Å²) >= 11 is 0. The molecule has 1 fully saturated rings. The van der Waals surface area contributed by atoms with Crippen LogP contribution in [0.3, 0.4) is 0 Å². The molecule has 0 unspecified atom stereocenters. The quantitative estimate of drug-likeness (QED) is 0.531. The molecule has 0 bridgehead atoms. The summed E-state index contributed by atoms with van der Waals surface area (Å²) in [4.78, 5) is 13.3. The highest BCUT2D eigenvalue weighted by Crippen LogP contribution is 2.47. The van der Waals surface area contributed by atoms with Crippen LogP contribution in [0.5, 0.6) is 0 Å². The van der Waals surface area contributed by atoms with Gasteiger partial charge in [0, 0.05) is 0 Å². The van der Waals surface area contributed by atoms with Gasteiger partial charge >= 0.3 is 0 Å². The number of rotatable bonds is 6. The first-order valence-electron chi connectivity index (χ1n) is 9.75. The van der Waals surface area contributed by atoms with E-state index in [9.17, 15) is 13.2 Å². The molecule has 0 radical (unpaired) electrons. The Morgan fingerprint density at radius 2 is 1.61 bits per heavy atom. The molecule has 1 saturated heterocycles. The van der Waals surface area contributed by atoms with E-state index in [0.717, 1.165) is 15.9 Å². The summed E-state index contributed by atoms with van der Waals surface area (Å²) in [7, 11) is -5.72. The Kier molecular flexibility index (Phi) is 5.32. The molecule has 1 heterocycles. The zero-order valence-corrected chi connectivity index (χ0v) is 19.1. The van der Waals surface area contributed by atoms with Gasteiger partial charge in [0.05, 0.1) is 24.4 Å². The maximum absolute atomic E-state index is 13.2. The van der Waals surface area contributed by atoms with Crippen molar-refractivity contribution in [1.82, 2.24) is 4.31 Å². The molecule has 150 valence electrons. The van der Waals surface area contributed by atoms with E-state index in [1.807, 2.05) is 39.0 Å². The number of sulfonamides is 1. The molecular formula is C22H29NO3SSi. The molecule has 0 saturated carbocycles. The summed E-state index contributed by atoms with van der Waals surface area (Å²) in [6.07, 6.45) is 0.605. The summed E-state index contributed by atoms with van der Waals surface area (Å²) in [5, 5.41) is 1.29. The summed E-state index contributed by atoms with van der Waals surface area (Å²) < 4.78 is 27.6. The van der Waals surface area contributed by atoms with Gasteiger partial charge in [0.2, 0.25) is 5.91 Å². The molecule has 1 aliphatic heterocycles. The van der Waals surface area contributed by atoms with Crippen molar-refractivity contribution in [2.75, 3.05) is 0 Å². The minimum Gasteiger partial charge on any atom is -0.273 e. The average molecular weight is 416 g/mol. The van der Waals surface area contributed by atoms with Gasteiger partial charge in [-0.1, -0.05) is 73.2 Å². The predicted molar refractivity (Wildman–Crippen MR) is 116 cm³/mol. The number of amides is 1. The molecule has 0 aromatic heterocycles. The predicted octanol–water partition coefficient (Wildman–Crippen LogP) is 3.93. The van der Waals surface area contributed by atoms with E-state index in [0.29, 0.717) is 6.42 Å². The van der Waals surface area contributed by atoms with E-state index >= 15 is 0 Å². The molecule has 2 aromatic carbocycles. The van der Waals surface area contributed by atoms with Crippen molar-refractivity contribution in [3.63, 3.8) is 0 Å². The zero-order valence-electron chi connectivity index (χ0n) is 17.3. The molecule has 4 nitrogen and oxygen atoms in total. The van der Waals surface area contributed by atoms with Crippen LogP contribution in [-0.4, -0.2) is 32.2 Å². The smallest absolute Gasteiger partial charge is 0.267 e. The third kappa shape index (κ3) is 3.33. The summed E-state index contributed by atoms with van der Waals surface area (Å²) in [5.74, 6) is -0.527. The van der Waals surface area contributed by atoms with Crippen LogP contribution < -0.4 is 5.19 Å². The first-order chi connectivity index (χ1) is 13.0. The fraction of sp³-hybridized carbons (Fsp3) is 0.409. The van der Waals surface area contributed by atoms with Gasteiger partial charge in [-0.2, -0.15) is 0 Å². The van der Waals surface area contributed by atoms with E-state index in [1.165, 1.54) is 5.19 Å². The van der Waals surface area contributed by atoms with Gasteiger partial charge < -0.3 is 0 Å². The third-order valence-electron chi connectivity index (χ3n) is 6.26. The number of β-lactam (4-membered cyclic amide) rings is 1. The van der Waals surface area contributed by atoms with Crippen molar-refractivity contribution in [3.05, 3.63) is 60.2 Å². The Morgan fingerprint density at radius 3 is 2.14 bits per heavy atom. The Bertz CT molecular complexity index is 971. The fourth-order valence-electron chi connectivity index (χ4n) is 4.16. The lowest BCUT2D eigenvalue weighted by molar-refractivity contribution is -0.154. The second kappa shape index (κ2) is 7.15. The van der Waals surface area contributed by atoms with Gasteiger partial charge in [0.1, 0.15) is 0 Å². The van der Waals surface area contributed by atoms with Crippen LogP contribution in [0, 0.1) is 12.8 Å². The molecule has 0 spiro atoms. The number of nitrogens with zero attached hydrogens (tertiary/aromatic N) is 1. The Labute approximate surface area is 169 Å². The van der Waals surface area contributed by atoms with Gasteiger partial charge in [-0.15, -0.1) is 0 Å². The molecular weight excluding hydrogens is 386 g/mol. The summed E-state index contributed by atoms with van der Waals surface area (Å²) in [6, 6.07) is 17.8. The van der Waals surface area contributed by atoms with Gasteiger partial charge in [0.15, 0.2) is 0 Å². The van der Waals surface area contributed by atoms with E-state index in [-0.39, 0.29) is 16.7 Å². The Hall–Kier alpha value is -1.92. The fourth-order valence-corrected chi connectivity index (χ4v) is 8.98. The highest BCUT2D eigenvalue weighted by Gasteiger charge is 2.61. The van der Waals surface area contributed by atoms with Crippen molar-refractivity contribution >= 4 is 29.2 Å². The SMILES string of the molecule is CC[C@@]1(C)[C@H](C[Si](C)(C)c2ccccc2)C(=O)N1S(=O)(=O)c1ccc(C)cc1. The maximum atomic E-state index is 13.2. The van der Waals surface area contributed by atoms with Crippen LogP contribution in [0.25, 0.3) is 0 Å². The van der Waals surface area contributed by atoms with E-state index in [4.69, 9.17) is 0 Å². The molecule has 2 atom stereocenters. The number of aryl methyl sites for hydroxylation is 1. The van der Waals surface area contributed by atoms with Crippen LogP contribution in [0.15, 0.2) is 59.5 Å². The van der Waals surface area contributed by atoms with Crippen molar-refractivity contribution in [3.8, 4) is 0 Å². The number of hydrogen-bond acceptors (Lipinski definition) is 3. The molecule has 0 aliphatic carbocycles. The number of benzene rings is 2. The second-order valence-corrected chi connectivity index (χ2v) is 15.2. The van der Waals surface area contributed by atoms with E-state index < -0.39 is 23.6 Å². The molecule has 3 rings (SSSR count). The highest BCUT2D eigenvalue weighted by molar-refractivity contribution is 7.89. The van der Waals surface area contributed by atoms with Gasteiger partial charge in [-0.3, -0.25) is 4.79 Å². The van der Waals surface area contributed by atoms with E-state index in [1.54, 1.807) is 24.3 Å². The van der Waals surface area contributed by atoms with Crippen LogP contribution in [0.2, 0.25) is 19.1 Å². The first-order valence-corrected chi connectivity index (χ1v) is 14.4. The first kappa shape index (κ1) is 20.8. The Balaban J connectivity index is 1.91. The Morgan fingerprint density at radius 1 is 1.04 bits per heavy atom. The molecule has 6 heteroatoms. The molecule has 0 N–H and O–H groups in total. The molecule has 1 amide bonds. The standard InChI is InChI=1S/C22H29NO3SSi/c1-6-22(3)20(16-28(4,5)19-10-8-7-9-11-19)21(24)23(22)27(25,26)18-14-12-17(2)13-15-18/h7-15,20H,6,16H2,1-5H3/t20-,22+/m1/s1. The molecule has 28 heavy (non-hydrogen) atoms. The average Bonchev–Trinajstić information content (AvgIpc) is 2.67. The minimum absolute atomic E-state index is 0.184. The van der Waals surface area contributed by atoms with Crippen molar-refractivity contribution in [2.24, 2.45) is 5.92 Å². The number of hydrogen-bond donors (Lipinski definition) is 0. The van der Waals surface area contributed by atoms with Crippen molar-refractivity contribution < 1.29 is 13.2 Å². The van der Waals surface area contributed by atoms with Crippen molar-refractivity contribution in [2.45, 2.75) is 56.8 Å². The normalized spacial score (nSPS) is 22.8. The second-order valence-electron chi connectivity index (χ2n) is 8.64. The van der Waals surface area contributed by atoms with Crippen LogP contribution >= 0.6 is 0 Å². The van der Waals surface area contributed by atoms with Crippen LogP contribution in [-0.2, 0) is 14.8 Å². The minimum atomic E-state index is -3.84. The topological polar surface area (TPSA) is 54.5 Å². The molecule has 1 aliphatic rings. The van der Waals surface area contributed by atoms with E-state index in [2.05, 4.69) is 25.2 Å². The summed E-state index contributed by atoms with van der Waals surface area (Å²) in [6.45, 7) is 10.3. The summed E-state index contributed by atoms with van der Waals surface area (Å²) in [5.41, 5.74) is 0.306. The van der Waals surface area contributed by atoms with Crippen LogP contribution in [0.1, 0.15) is 25.8 Å². The monoisotopic (exact) mass is 415 g/mol. The lowest BCUT2D eigenvalue weighted by atomic mass is 9.76. The van der Waals surface area contributed by atoms with Crippen LogP contribution in [0.4, 0.5) is 0 Å². The zero-order chi connectivity index (χ0) is 20.7. The highest BCUT2D eigenvalue weighted by atomic mass is 32.2. The van der Waals surface area contributed by atoms with Gasteiger partial charge in [-0.05, 0) is 38.4 Å². The number of carbonyl (C=O) groups excluding carboxylic acids is 1. The largest absolute Gasteiger partial charge is 0.273 e. The van der Waals surface area contributed by atoms with Gasteiger partial charge in [0.25, 0.3) is 10.0 Å². The van der Waals surface area contributed by atoms with Gasteiger partial charge in [-0.25, -0.2) is 12.7 Å². The number of carbonyl (C=O) groups is 1. The molecule has 2 aromatic rings. The third-order valence-corrected chi connectivity index (χ3v) is 11.5. The lowest BCUT2D eigenvalue weighted by Gasteiger charge is -2.55.